The molecule has 36 heavy (non-hydrogen) atoms. The van der Waals surface area contributed by atoms with E-state index in [0.29, 0.717) is 23.2 Å². The van der Waals surface area contributed by atoms with E-state index >= 15 is 0 Å². The molecule has 0 unspecified atom stereocenters. The number of fused-ring (bicyclic) bond motifs is 2. The molecule has 0 aliphatic carbocycles. The van der Waals surface area contributed by atoms with Crippen LogP contribution in [0.2, 0.25) is 0 Å². The monoisotopic (exact) mass is 478 g/mol. The Hall–Kier alpha value is -4.82. The number of hydrogen-bond donors (Lipinski definition) is 3. The molecule has 8 nitrogen and oxygen atoms in total. The molecule has 2 heterocycles. The summed E-state index contributed by atoms with van der Waals surface area (Å²) in [5, 5.41) is 13.2. The average Bonchev–Trinajstić information content (AvgIpc) is 3.16. The molecule has 0 radical (unpaired) electrons. The zero-order chi connectivity index (χ0) is 25.1. The van der Waals surface area contributed by atoms with Gasteiger partial charge in [0.15, 0.2) is 0 Å². The fourth-order valence-corrected chi connectivity index (χ4v) is 4.15. The highest BCUT2D eigenvalue weighted by Gasteiger charge is 2.35. The number of hydrogen-bond acceptors (Lipinski definition) is 6. The van der Waals surface area contributed by atoms with Crippen molar-refractivity contribution in [2.45, 2.75) is 0 Å². The second-order valence-corrected chi connectivity index (χ2v) is 8.38. The number of carbonyl (C=O) groups is 3. The summed E-state index contributed by atoms with van der Waals surface area (Å²) in [4.78, 5) is 43.2. The summed E-state index contributed by atoms with van der Waals surface area (Å²) in [7, 11) is 0. The number of aromatic nitrogens is 1. The molecular formula is C28H22N4O4. The van der Waals surface area contributed by atoms with Gasteiger partial charge in [-0.3, -0.25) is 29.5 Å². The van der Waals surface area contributed by atoms with E-state index in [0.717, 1.165) is 27.7 Å². The fraction of sp³-hybridized carbons (Fsp3) is 0.0714. The topological polar surface area (TPSA) is 112 Å². The second kappa shape index (κ2) is 9.81. The van der Waals surface area contributed by atoms with Gasteiger partial charge in [-0.05, 0) is 47.5 Å². The molecule has 3 amide bonds. The van der Waals surface area contributed by atoms with Gasteiger partial charge < -0.3 is 5.32 Å². The summed E-state index contributed by atoms with van der Waals surface area (Å²) in [5.41, 5.74) is 5.94. The Morgan fingerprint density at radius 1 is 0.917 bits per heavy atom. The molecular weight excluding hydrogens is 456 g/mol. The van der Waals surface area contributed by atoms with E-state index in [2.05, 4.69) is 10.3 Å². The number of amides is 3. The average molecular weight is 479 g/mol. The first-order valence-electron chi connectivity index (χ1n) is 11.3. The van der Waals surface area contributed by atoms with Crippen molar-refractivity contribution in [3.8, 4) is 0 Å². The minimum Gasteiger partial charge on any atom is -0.380 e. The maximum Gasteiger partial charge on any atom is 0.274 e. The third kappa shape index (κ3) is 4.57. The van der Waals surface area contributed by atoms with Gasteiger partial charge in [0.2, 0.25) is 0 Å². The van der Waals surface area contributed by atoms with E-state index in [-0.39, 0.29) is 18.4 Å². The molecule has 1 aromatic heterocycles. The first-order chi connectivity index (χ1) is 17.5. The molecule has 4 aromatic rings. The van der Waals surface area contributed by atoms with Crippen LogP contribution in [-0.2, 0) is 0 Å². The van der Waals surface area contributed by atoms with Crippen molar-refractivity contribution in [3.05, 3.63) is 113 Å². The fourth-order valence-electron chi connectivity index (χ4n) is 4.15. The molecule has 1 aliphatic rings. The van der Waals surface area contributed by atoms with Crippen molar-refractivity contribution < 1.29 is 19.6 Å². The predicted octanol–water partition coefficient (Wildman–Crippen LogP) is 4.15. The van der Waals surface area contributed by atoms with Crippen LogP contribution in [0.5, 0.6) is 0 Å². The van der Waals surface area contributed by atoms with Crippen LogP contribution in [0.15, 0.2) is 90.6 Å². The van der Waals surface area contributed by atoms with Crippen LogP contribution in [0.25, 0.3) is 17.0 Å². The smallest absolute Gasteiger partial charge is 0.274 e. The van der Waals surface area contributed by atoms with Crippen molar-refractivity contribution in [1.82, 2.24) is 15.4 Å². The Balaban J connectivity index is 1.42. The molecule has 178 valence electrons. The number of anilines is 1. The summed E-state index contributed by atoms with van der Waals surface area (Å²) in [6.07, 6.45) is 3.61. The molecule has 0 saturated heterocycles. The molecule has 0 atom stereocenters. The van der Waals surface area contributed by atoms with Gasteiger partial charge in [0.25, 0.3) is 17.7 Å². The van der Waals surface area contributed by atoms with Crippen LogP contribution >= 0.6 is 0 Å². The van der Waals surface area contributed by atoms with Gasteiger partial charge >= 0.3 is 0 Å². The molecule has 0 fully saturated rings. The predicted molar refractivity (Wildman–Crippen MR) is 136 cm³/mol. The van der Waals surface area contributed by atoms with E-state index < -0.39 is 5.91 Å². The number of nitrogens with one attached hydrogen (secondary N) is 2. The standard InChI is InChI=1S/C28H22N4O4/c33-26(31-36)20-11-9-18(10-12-20)13-19(15-29-22-14-21-5-1-4-8-25(21)30-16-22)17-32-27(34)23-6-2-3-7-24(23)28(32)35/h1-14,16,29,36H,15,17H2,(H,31,33). The van der Waals surface area contributed by atoms with Gasteiger partial charge in [0.1, 0.15) is 0 Å². The lowest BCUT2D eigenvalue weighted by molar-refractivity contribution is 0.0666. The Kier molecular flexibility index (Phi) is 6.25. The Morgan fingerprint density at radius 2 is 1.58 bits per heavy atom. The zero-order valence-electron chi connectivity index (χ0n) is 19.1. The minimum atomic E-state index is -0.609. The van der Waals surface area contributed by atoms with Crippen molar-refractivity contribution in [1.29, 1.82) is 0 Å². The Morgan fingerprint density at radius 3 is 2.28 bits per heavy atom. The number of para-hydroxylation sites is 1. The summed E-state index contributed by atoms with van der Waals surface area (Å²) in [6.45, 7) is 0.450. The van der Waals surface area contributed by atoms with E-state index in [9.17, 15) is 14.4 Å². The van der Waals surface area contributed by atoms with Crippen LogP contribution in [0, 0.1) is 0 Å². The lowest BCUT2D eigenvalue weighted by Gasteiger charge is -2.18. The second-order valence-electron chi connectivity index (χ2n) is 8.38. The highest BCUT2D eigenvalue weighted by molar-refractivity contribution is 6.21. The van der Waals surface area contributed by atoms with Gasteiger partial charge in [0, 0.05) is 17.5 Å². The van der Waals surface area contributed by atoms with Crippen LogP contribution in [-0.4, -0.2) is 45.9 Å². The Labute approximate surface area is 206 Å². The summed E-state index contributed by atoms with van der Waals surface area (Å²) < 4.78 is 0. The van der Waals surface area contributed by atoms with Crippen molar-refractivity contribution in [3.63, 3.8) is 0 Å². The van der Waals surface area contributed by atoms with Crippen molar-refractivity contribution in [2.24, 2.45) is 0 Å². The van der Waals surface area contributed by atoms with E-state index in [1.54, 1.807) is 60.2 Å². The lowest BCUT2D eigenvalue weighted by atomic mass is 10.1. The van der Waals surface area contributed by atoms with Crippen molar-refractivity contribution in [2.75, 3.05) is 18.4 Å². The number of nitrogens with zero attached hydrogens (tertiary/aromatic N) is 2. The SMILES string of the molecule is O=C(NO)c1ccc(C=C(CNc2cnc3ccccc3c2)CN2C(=O)c3ccccc3C2=O)cc1. The lowest BCUT2D eigenvalue weighted by Crippen LogP contribution is -2.33. The number of pyridine rings is 1. The number of imide groups is 1. The molecule has 8 heteroatoms. The molecule has 0 saturated carbocycles. The molecule has 5 rings (SSSR count). The first kappa shape index (κ1) is 22.9. The van der Waals surface area contributed by atoms with Crippen LogP contribution in [0.3, 0.4) is 0 Å². The third-order valence-electron chi connectivity index (χ3n) is 5.99. The molecule has 1 aliphatic heterocycles. The van der Waals surface area contributed by atoms with E-state index in [1.165, 1.54) is 4.90 Å². The van der Waals surface area contributed by atoms with E-state index in [4.69, 9.17) is 5.21 Å². The number of rotatable bonds is 7. The Bertz CT molecular complexity index is 1480. The largest absolute Gasteiger partial charge is 0.380 e. The number of carbonyl (C=O) groups excluding carboxylic acids is 3. The molecule has 3 N–H and O–H groups in total. The maximum atomic E-state index is 12.9. The number of hydroxylamine groups is 1. The molecule has 0 spiro atoms. The van der Waals surface area contributed by atoms with Gasteiger partial charge in [-0.1, -0.05) is 48.5 Å². The maximum absolute atomic E-state index is 12.9. The summed E-state index contributed by atoms with van der Waals surface area (Å²) in [5.74, 6) is -1.27. The quantitative estimate of drug-likeness (QED) is 0.209. The third-order valence-corrected chi connectivity index (χ3v) is 5.99. The van der Waals surface area contributed by atoms with E-state index in [1.807, 2.05) is 36.4 Å². The van der Waals surface area contributed by atoms with Crippen LogP contribution < -0.4 is 10.8 Å². The normalized spacial score (nSPS) is 13.1. The zero-order valence-corrected chi connectivity index (χ0v) is 19.1. The van der Waals surface area contributed by atoms with Gasteiger partial charge in [0.05, 0.1) is 35.1 Å². The van der Waals surface area contributed by atoms with Gasteiger partial charge in [-0.2, -0.15) is 0 Å². The summed E-state index contributed by atoms with van der Waals surface area (Å²) in [6, 6.07) is 23.2. The van der Waals surface area contributed by atoms with Gasteiger partial charge in [-0.15, -0.1) is 0 Å². The van der Waals surface area contributed by atoms with Crippen LogP contribution in [0.4, 0.5) is 5.69 Å². The van der Waals surface area contributed by atoms with Crippen molar-refractivity contribution >= 4 is 40.4 Å². The molecule has 3 aromatic carbocycles. The van der Waals surface area contributed by atoms with Gasteiger partial charge in [-0.25, -0.2) is 5.48 Å². The minimum absolute atomic E-state index is 0.0965. The highest BCUT2D eigenvalue weighted by atomic mass is 16.5. The highest BCUT2D eigenvalue weighted by Crippen LogP contribution is 2.24. The van der Waals surface area contributed by atoms with Crippen LogP contribution in [0.1, 0.15) is 36.6 Å². The first-order valence-corrected chi connectivity index (χ1v) is 11.3. The molecule has 0 bridgehead atoms. The number of benzene rings is 3. The summed E-state index contributed by atoms with van der Waals surface area (Å²) >= 11 is 0.